The Kier molecular flexibility index (Phi) is 9.14. The zero-order chi connectivity index (χ0) is 28.6. The molecule has 1 aromatic carbocycles. The van der Waals surface area contributed by atoms with E-state index in [1.165, 1.54) is 0 Å². The number of alkyl halides is 3. The molecule has 1 saturated carbocycles. The maximum absolute atomic E-state index is 14.7. The van der Waals surface area contributed by atoms with Gasteiger partial charge < -0.3 is 4.74 Å². The molecule has 7 nitrogen and oxygen atoms in total. The van der Waals surface area contributed by atoms with E-state index in [1.54, 1.807) is 20.8 Å². The van der Waals surface area contributed by atoms with Crippen LogP contribution in [0.1, 0.15) is 45.7 Å². The second kappa shape index (κ2) is 11.5. The average molecular weight is 597 g/mol. The van der Waals surface area contributed by atoms with Crippen molar-refractivity contribution in [3.8, 4) is 5.69 Å². The summed E-state index contributed by atoms with van der Waals surface area (Å²) >= 11 is 8.14. The van der Waals surface area contributed by atoms with Crippen LogP contribution in [0.15, 0.2) is 32.7 Å². The Labute approximate surface area is 228 Å². The number of rotatable bonds is 9. The van der Waals surface area contributed by atoms with Crippen molar-refractivity contribution in [1.82, 2.24) is 9.13 Å². The standard InChI is InChI=1S/C24H25ClF4N2O5S2/c1-12(2)36-20(33)10-23(5-6-23)11-37-21(34)13(3)38-17-8-16(15(26)7-14(17)25)31-19(32)9-18(24(27,28)29)30(4)22(31)35/h7-9,12-13H,5-6,10-11H2,1-4H3. The number of ether oxygens (including phenoxy) is 1. The third kappa shape index (κ3) is 7.03. The molecule has 14 heteroatoms. The van der Waals surface area contributed by atoms with E-state index in [4.69, 9.17) is 16.3 Å². The summed E-state index contributed by atoms with van der Waals surface area (Å²) in [6.45, 7) is 5.11. The smallest absolute Gasteiger partial charge is 0.431 e. The predicted molar refractivity (Wildman–Crippen MR) is 138 cm³/mol. The molecule has 38 heavy (non-hydrogen) atoms. The number of halogens is 5. The Morgan fingerprint density at radius 3 is 2.34 bits per heavy atom. The van der Waals surface area contributed by atoms with Crippen LogP contribution >= 0.6 is 35.1 Å². The van der Waals surface area contributed by atoms with Gasteiger partial charge in [-0.15, -0.1) is 11.8 Å². The lowest BCUT2D eigenvalue weighted by atomic mass is 10.1. The zero-order valence-electron chi connectivity index (χ0n) is 20.9. The van der Waals surface area contributed by atoms with Crippen LogP contribution in [-0.2, 0) is 27.5 Å². The Balaban J connectivity index is 1.79. The highest BCUT2D eigenvalue weighted by Crippen LogP contribution is 2.51. The largest absolute Gasteiger partial charge is 0.463 e. The summed E-state index contributed by atoms with van der Waals surface area (Å²) in [6, 6.07) is 2.08. The summed E-state index contributed by atoms with van der Waals surface area (Å²) in [5, 5.41) is -1.03. The van der Waals surface area contributed by atoms with Crippen LogP contribution in [0.3, 0.4) is 0 Å². The van der Waals surface area contributed by atoms with E-state index in [9.17, 15) is 36.7 Å². The molecule has 0 amide bonds. The van der Waals surface area contributed by atoms with E-state index in [0.717, 1.165) is 55.5 Å². The van der Waals surface area contributed by atoms with Gasteiger partial charge >= 0.3 is 17.8 Å². The molecule has 1 aliphatic carbocycles. The maximum Gasteiger partial charge on any atom is 0.431 e. The van der Waals surface area contributed by atoms with Crippen molar-refractivity contribution >= 4 is 46.2 Å². The van der Waals surface area contributed by atoms with E-state index in [0.29, 0.717) is 5.75 Å². The number of nitrogens with zero attached hydrogens (tertiary/aromatic N) is 2. The van der Waals surface area contributed by atoms with Crippen LogP contribution in [0.25, 0.3) is 5.69 Å². The molecular formula is C24H25ClF4N2O5S2. The molecule has 1 atom stereocenters. The predicted octanol–water partition coefficient (Wildman–Crippen LogP) is 5.21. The molecule has 0 aliphatic heterocycles. The number of hydrogen-bond acceptors (Lipinski definition) is 7. The van der Waals surface area contributed by atoms with E-state index < -0.39 is 39.9 Å². The van der Waals surface area contributed by atoms with Gasteiger partial charge in [0.25, 0.3) is 5.56 Å². The lowest BCUT2D eigenvalue weighted by molar-refractivity contribution is -0.148. The summed E-state index contributed by atoms with van der Waals surface area (Å²) in [4.78, 5) is 50.0. The molecule has 208 valence electrons. The molecule has 1 fully saturated rings. The van der Waals surface area contributed by atoms with Gasteiger partial charge in [0, 0.05) is 23.8 Å². The lowest BCUT2D eigenvalue weighted by Gasteiger charge is -2.17. The van der Waals surface area contributed by atoms with Crippen LogP contribution in [-0.4, -0.2) is 37.3 Å². The van der Waals surface area contributed by atoms with Gasteiger partial charge in [0.15, 0.2) is 0 Å². The Morgan fingerprint density at radius 2 is 1.79 bits per heavy atom. The Bertz CT molecular complexity index is 1370. The molecule has 1 unspecified atom stereocenters. The summed E-state index contributed by atoms with van der Waals surface area (Å²) in [6.07, 6.45) is -3.38. The van der Waals surface area contributed by atoms with Crippen molar-refractivity contribution in [3.63, 3.8) is 0 Å². The highest BCUT2D eigenvalue weighted by molar-refractivity contribution is 8.16. The van der Waals surface area contributed by atoms with Crippen LogP contribution in [0.4, 0.5) is 17.6 Å². The quantitative estimate of drug-likeness (QED) is 0.223. The van der Waals surface area contributed by atoms with Crippen molar-refractivity contribution in [3.05, 3.63) is 55.6 Å². The topological polar surface area (TPSA) is 87.4 Å². The SMILES string of the molecule is CC(C)OC(=O)CC1(CSC(=O)C(C)Sc2cc(-n3c(=O)cc(C(F)(F)F)n(C)c3=O)c(F)cc2Cl)CC1. The first-order valence-corrected chi connectivity index (χ1v) is 13.7. The normalized spacial score (nSPS) is 15.4. The number of hydrogen-bond donors (Lipinski definition) is 0. The van der Waals surface area contributed by atoms with Crippen LogP contribution in [0, 0.1) is 11.2 Å². The molecule has 0 saturated heterocycles. The molecule has 1 aromatic heterocycles. The Hall–Kier alpha value is -2.25. The van der Waals surface area contributed by atoms with Gasteiger partial charge in [-0.3, -0.25) is 19.0 Å². The highest BCUT2D eigenvalue weighted by Gasteiger charge is 2.45. The molecule has 1 heterocycles. The monoisotopic (exact) mass is 596 g/mol. The van der Waals surface area contributed by atoms with Gasteiger partial charge in [-0.1, -0.05) is 23.4 Å². The lowest BCUT2D eigenvalue weighted by Crippen LogP contribution is -2.41. The second-order valence-corrected chi connectivity index (χ2v) is 12.1. The number of thioether (sulfide) groups is 2. The van der Waals surface area contributed by atoms with Gasteiger partial charge in [-0.2, -0.15) is 13.2 Å². The summed E-state index contributed by atoms with van der Waals surface area (Å²) < 4.78 is 59.9. The molecule has 0 bridgehead atoms. The number of benzene rings is 1. The van der Waals surface area contributed by atoms with Crippen molar-refractivity contribution in [2.45, 2.75) is 62.5 Å². The molecule has 0 radical (unpaired) electrons. The summed E-state index contributed by atoms with van der Waals surface area (Å²) in [7, 11) is 0.817. The van der Waals surface area contributed by atoms with Crippen molar-refractivity contribution in [1.29, 1.82) is 0 Å². The maximum atomic E-state index is 14.7. The minimum Gasteiger partial charge on any atom is -0.463 e. The molecule has 3 rings (SSSR count). The van der Waals surface area contributed by atoms with E-state index in [-0.39, 0.29) is 54.1 Å². The van der Waals surface area contributed by atoms with E-state index >= 15 is 0 Å². The summed E-state index contributed by atoms with van der Waals surface area (Å²) in [5.74, 6) is -0.998. The molecule has 2 aromatic rings. The van der Waals surface area contributed by atoms with Gasteiger partial charge in [0.2, 0.25) is 5.12 Å². The fourth-order valence-electron chi connectivity index (χ4n) is 3.64. The van der Waals surface area contributed by atoms with Gasteiger partial charge in [-0.25, -0.2) is 13.8 Å². The first-order valence-electron chi connectivity index (χ1n) is 11.5. The average Bonchev–Trinajstić information content (AvgIpc) is 3.55. The van der Waals surface area contributed by atoms with Crippen molar-refractivity contribution in [2.24, 2.45) is 12.5 Å². The molecule has 0 N–H and O–H groups in total. The first-order chi connectivity index (χ1) is 17.5. The van der Waals surface area contributed by atoms with Crippen LogP contribution in [0.5, 0.6) is 0 Å². The number of carbonyl (C=O) groups excluding carboxylic acids is 2. The fraction of sp³-hybridized carbons (Fsp3) is 0.500. The minimum absolute atomic E-state index is 0.104. The third-order valence-corrected chi connectivity index (χ3v) is 8.98. The fourth-order valence-corrected chi connectivity index (χ4v) is 6.17. The molecular weight excluding hydrogens is 572 g/mol. The van der Waals surface area contributed by atoms with E-state index in [1.807, 2.05) is 0 Å². The number of carbonyl (C=O) groups is 2. The minimum atomic E-state index is -4.97. The Morgan fingerprint density at radius 1 is 1.16 bits per heavy atom. The summed E-state index contributed by atoms with van der Waals surface area (Å²) in [5.41, 5.74) is -5.13. The van der Waals surface area contributed by atoms with Crippen molar-refractivity contribution in [2.75, 3.05) is 5.75 Å². The van der Waals surface area contributed by atoms with E-state index in [2.05, 4.69) is 0 Å². The van der Waals surface area contributed by atoms with Crippen LogP contribution in [0.2, 0.25) is 5.02 Å². The second-order valence-electron chi connectivity index (χ2n) is 9.36. The first kappa shape index (κ1) is 30.3. The van der Waals surface area contributed by atoms with Crippen molar-refractivity contribution < 1.29 is 31.9 Å². The molecule has 0 spiro atoms. The highest BCUT2D eigenvalue weighted by atomic mass is 35.5. The number of esters is 1. The molecule has 1 aliphatic rings. The third-order valence-electron chi connectivity index (χ3n) is 5.85. The van der Waals surface area contributed by atoms with Gasteiger partial charge in [-0.05, 0) is 51.2 Å². The zero-order valence-corrected chi connectivity index (χ0v) is 23.2. The van der Waals surface area contributed by atoms with Gasteiger partial charge in [0.1, 0.15) is 11.5 Å². The number of aromatic nitrogens is 2. The van der Waals surface area contributed by atoms with Crippen LogP contribution < -0.4 is 11.2 Å². The van der Waals surface area contributed by atoms with Gasteiger partial charge in [0.05, 0.1) is 28.5 Å².